The quantitative estimate of drug-likeness (QED) is 0.889. The van der Waals surface area contributed by atoms with Gasteiger partial charge in [0.15, 0.2) is 0 Å². The molecule has 0 bridgehead atoms. The zero-order valence-electron chi connectivity index (χ0n) is 13.2. The van der Waals surface area contributed by atoms with Crippen LogP contribution < -0.4 is 20.1 Å². The Morgan fingerprint density at radius 3 is 2.30 bits per heavy atom. The predicted octanol–water partition coefficient (Wildman–Crippen LogP) is 2.91. The van der Waals surface area contributed by atoms with Crippen molar-refractivity contribution in [1.29, 1.82) is 0 Å². The molecule has 0 heterocycles. The maximum absolute atomic E-state index is 12.5. The van der Waals surface area contributed by atoms with E-state index in [4.69, 9.17) is 9.47 Å². The molecular weight excluding hydrogens is 296 g/mol. The van der Waals surface area contributed by atoms with Gasteiger partial charge in [-0.1, -0.05) is 12.1 Å². The summed E-state index contributed by atoms with van der Waals surface area (Å²) in [5, 5.41) is 5.41. The van der Waals surface area contributed by atoms with E-state index in [1.807, 2.05) is 0 Å². The SMILES string of the molecule is COc1ccc(OC)c(NC(=O)c2ccccc2NC(C)=O)c1. The first kappa shape index (κ1) is 16.4. The summed E-state index contributed by atoms with van der Waals surface area (Å²) < 4.78 is 10.4. The molecule has 2 aromatic rings. The molecule has 0 spiro atoms. The number of hydrogen-bond acceptors (Lipinski definition) is 4. The number of carbonyl (C=O) groups is 2. The first-order valence-electron chi connectivity index (χ1n) is 6.95. The van der Waals surface area contributed by atoms with E-state index >= 15 is 0 Å². The number of carbonyl (C=O) groups excluding carboxylic acids is 2. The van der Waals surface area contributed by atoms with Crippen LogP contribution in [0.3, 0.4) is 0 Å². The molecule has 6 nitrogen and oxygen atoms in total. The number of nitrogens with one attached hydrogen (secondary N) is 2. The highest BCUT2D eigenvalue weighted by molar-refractivity contribution is 6.10. The molecule has 0 radical (unpaired) electrons. The Morgan fingerprint density at radius 2 is 1.65 bits per heavy atom. The van der Waals surface area contributed by atoms with Crippen LogP contribution in [-0.4, -0.2) is 26.0 Å². The van der Waals surface area contributed by atoms with Crippen molar-refractivity contribution in [2.45, 2.75) is 6.92 Å². The number of hydrogen-bond donors (Lipinski definition) is 2. The van der Waals surface area contributed by atoms with Crippen molar-refractivity contribution in [1.82, 2.24) is 0 Å². The summed E-state index contributed by atoms with van der Waals surface area (Å²) in [6.45, 7) is 1.39. The van der Waals surface area contributed by atoms with Crippen molar-refractivity contribution in [3.8, 4) is 11.5 Å². The van der Waals surface area contributed by atoms with Crippen molar-refractivity contribution >= 4 is 23.2 Å². The minimum Gasteiger partial charge on any atom is -0.497 e. The summed E-state index contributed by atoms with van der Waals surface area (Å²) in [6.07, 6.45) is 0. The molecule has 6 heteroatoms. The van der Waals surface area contributed by atoms with E-state index < -0.39 is 0 Å². The molecule has 2 N–H and O–H groups in total. The Bertz CT molecular complexity index is 728. The molecule has 0 unspecified atom stereocenters. The smallest absolute Gasteiger partial charge is 0.257 e. The summed E-state index contributed by atoms with van der Waals surface area (Å²) in [4.78, 5) is 23.8. The van der Waals surface area contributed by atoms with Gasteiger partial charge < -0.3 is 20.1 Å². The fourth-order valence-electron chi connectivity index (χ4n) is 2.08. The van der Waals surface area contributed by atoms with Gasteiger partial charge in [0.2, 0.25) is 5.91 Å². The molecular formula is C17H18N2O4. The summed E-state index contributed by atoms with van der Waals surface area (Å²) in [5.41, 5.74) is 1.28. The van der Waals surface area contributed by atoms with Crippen LogP contribution >= 0.6 is 0 Å². The lowest BCUT2D eigenvalue weighted by molar-refractivity contribution is -0.114. The molecule has 0 aliphatic heterocycles. The van der Waals surface area contributed by atoms with E-state index in [2.05, 4.69) is 10.6 Å². The van der Waals surface area contributed by atoms with Gasteiger partial charge in [0, 0.05) is 13.0 Å². The maximum atomic E-state index is 12.5. The highest BCUT2D eigenvalue weighted by atomic mass is 16.5. The van der Waals surface area contributed by atoms with E-state index in [-0.39, 0.29) is 11.8 Å². The number of anilines is 2. The van der Waals surface area contributed by atoms with Crippen LogP contribution in [-0.2, 0) is 4.79 Å². The van der Waals surface area contributed by atoms with Crippen LogP contribution in [0.2, 0.25) is 0 Å². The molecule has 120 valence electrons. The summed E-state index contributed by atoms with van der Waals surface area (Å²) in [5.74, 6) is 0.498. The van der Waals surface area contributed by atoms with Crippen LogP contribution in [0.15, 0.2) is 42.5 Å². The molecule has 0 atom stereocenters. The fraction of sp³-hybridized carbons (Fsp3) is 0.176. The Labute approximate surface area is 134 Å². The van der Waals surface area contributed by atoms with Gasteiger partial charge >= 0.3 is 0 Å². The van der Waals surface area contributed by atoms with Crippen LogP contribution in [0.5, 0.6) is 11.5 Å². The first-order valence-corrected chi connectivity index (χ1v) is 6.95. The van der Waals surface area contributed by atoms with Crippen LogP contribution in [0.1, 0.15) is 17.3 Å². The van der Waals surface area contributed by atoms with E-state index in [1.54, 1.807) is 49.6 Å². The first-order chi connectivity index (χ1) is 11.0. The highest BCUT2D eigenvalue weighted by Crippen LogP contribution is 2.29. The van der Waals surface area contributed by atoms with E-state index in [0.717, 1.165) is 0 Å². The molecule has 0 fully saturated rings. The van der Waals surface area contributed by atoms with Gasteiger partial charge in [0.05, 0.1) is 31.2 Å². The predicted molar refractivity (Wildman–Crippen MR) is 88.2 cm³/mol. The third-order valence-corrected chi connectivity index (χ3v) is 3.14. The standard InChI is InChI=1S/C17H18N2O4/c1-11(20)18-14-7-5-4-6-13(14)17(21)19-15-10-12(22-2)8-9-16(15)23-3/h4-10H,1-3H3,(H,18,20)(H,19,21). The van der Waals surface area contributed by atoms with Gasteiger partial charge in [0.1, 0.15) is 11.5 Å². The molecule has 2 aromatic carbocycles. The largest absolute Gasteiger partial charge is 0.497 e. The second-order valence-electron chi connectivity index (χ2n) is 4.75. The molecule has 23 heavy (non-hydrogen) atoms. The summed E-state index contributed by atoms with van der Waals surface area (Å²) in [6, 6.07) is 11.9. The Kier molecular flexibility index (Phi) is 5.19. The van der Waals surface area contributed by atoms with Gasteiger partial charge in [0.25, 0.3) is 5.91 Å². The van der Waals surface area contributed by atoms with Crippen molar-refractivity contribution in [2.75, 3.05) is 24.9 Å². The second-order valence-corrected chi connectivity index (χ2v) is 4.75. The average molecular weight is 314 g/mol. The van der Waals surface area contributed by atoms with Gasteiger partial charge in [-0.25, -0.2) is 0 Å². The zero-order chi connectivity index (χ0) is 16.8. The zero-order valence-corrected chi connectivity index (χ0v) is 13.2. The van der Waals surface area contributed by atoms with Gasteiger partial charge in [-0.3, -0.25) is 9.59 Å². The van der Waals surface area contributed by atoms with Gasteiger partial charge in [-0.15, -0.1) is 0 Å². The van der Waals surface area contributed by atoms with Gasteiger partial charge in [-0.05, 0) is 24.3 Å². The monoisotopic (exact) mass is 314 g/mol. The molecule has 0 saturated carbocycles. The Balaban J connectivity index is 2.31. The fourth-order valence-corrected chi connectivity index (χ4v) is 2.08. The van der Waals surface area contributed by atoms with Crippen molar-refractivity contribution in [3.05, 3.63) is 48.0 Å². The number of ether oxygens (including phenoxy) is 2. The van der Waals surface area contributed by atoms with Crippen molar-refractivity contribution in [2.24, 2.45) is 0 Å². The lowest BCUT2D eigenvalue weighted by Crippen LogP contribution is -2.17. The average Bonchev–Trinajstić information content (AvgIpc) is 2.54. The van der Waals surface area contributed by atoms with E-state index in [9.17, 15) is 9.59 Å². The summed E-state index contributed by atoms with van der Waals surface area (Å²) in [7, 11) is 3.06. The van der Waals surface area contributed by atoms with E-state index in [1.165, 1.54) is 14.0 Å². The molecule has 2 amide bonds. The lowest BCUT2D eigenvalue weighted by Gasteiger charge is -2.13. The van der Waals surface area contributed by atoms with Gasteiger partial charge in [-0.2, -0.15) is 0 Å². The Hall–Kier alpha value is -3.02. The highest BCUT2D eigenvalue weighted by Gasteiger charge is 2.14. The third kappa shape index (κ3) is 4.00. The number of rotatable bonds is 5. The lowest BCUT2D eigenvalue weighted by atomic mass is 10.1. The number of methoxy groups -OCH3 is 2. The van der Waals surface area contributed by atoms with Crippen LogP contribution in [0, 0.1) is 0 Å². The van der Waals surface area contributed by atoms with Crippen LogP contribution in [0.4, 0.5) is 11.4 Å². The van der Waals surface area contributed by atoms with E-state index in [0.29, 0.717) is 28.4 Å². The van der Waals surface area contributed by atoms with Crippen molar-refractivity contribution < 1.29 is 19.1 Å². The molecule has 2 rings (SSSR count). The minimum atomic E-state index is -0.360. The molecule has 0 aromatic heterocycles. The minimum absolute atomic E-state index is 0.246. The Morgan fingerprint density at radius 1 is 0.913 bits per heavy atom. The second kappa shape index (κ2) is 7.31. The molecule has 0 aliphatic carbocycles. The normalized spacial score (nSPS) is 9.87. The number of para-hydroxylation sites is 1. The van der Waals surface area contributed by atoms with Crippen LogP contribution in [0.25, 0.3) is 0 Å². The maximum Gasteiger partial charge on any atom is 0.257 e. The summed E-state index contributed by atoms with van der Waals surface area (Å²) >= 11 is 0. The number of benzene rings is 2. The molecule has 0 saturated heterocycles. The molecule has 0 aliphatic rings. The topological polar surface area (TPSA) is 76.7 Å². The third-order valence-electron chi connectivity index (χ3n) is 3.14. The van der Waals surface area contributed by atoms with Crippen molar-refractivity contribution in [3.63, 3.8) is 0 Å². The number of amides is 2.